The third-order valence-electron chi connectivity index (χ3n) is 5.42. The number of fused-ring (bicyclic) bond motifs is 1. The third-order valence-corrected chi connectivity index (χ3v) is 5.67. The van der Waals surface area contributed by atoms with E-state index in [1.807, 2.05) is 46.0 Å². The lowest BCUT2D eigenvalue weighted by Crippen LogP contribution is -2.46. The third kappa shape index (κ3) is 4.80. The van der Waals surface area contributed by atoms with Crippen LogP contribution in [0.3, 0.4) is 0 Å². The Morgan fingerprint density at radius 1 is 1.07 bits per heavy atom. The molecular weight excluding hydrogens is 358 g/mol. The molecule has 27 heavy (non-hydrogen) atoms. The summed E-state index contributed by atoms with van der Waals surface area (Å²) in [6, 6.07) is 9.41. The van der Waals surface area contributed by atoms with Gasteiger partial charge in [-0.3, -0.25) is 0 Å². The number of aromatic nitrogens is 2. The van der Waals surface area contributed by atoms with E-state index < -0.39 is 5.72 Å². The minimum absolute atomic E-state index is 0.481. The van der Waals surface area contributed by atoms with Crippen molar-refractivity contribution in [1.29, 1.82) is 0 Å². The van der Waals surface area contributed by atoms with E-state index in [0.717, 1.165) is 24.5 Å². The van der Waals surface area contributed by atoms with Crippen molar-refractivity contribution in [1.82, 2.24) is 4.98 Å². The van der Waals surface area contributed by atoms with Crippen LogP contribution in [0.2, 0.25) is 5.02 Å². The second kappa shape index (κ2) is 9.52. The highest BCUT2D eigenvalue weighted by Crippen LogP contribution is 2.34. The molecule has 1 aliphatic rings. The fourth-order valence-electron chi connectivity index (χ4n) is 3.88. The summed E-state index contributed by atoms with van der Waals surface area (Å²) in [6.45, 7) is 3.53. The van der Waals surface area contributed by atoms with Crippen LogP contribution in [0.5, 0.6) is 0 Å². The summed E-state index contributed by atoms with van der Waals surface area (Å²) in [5.41, 5.74) is -0.218. The zero-order chi connectivity index (χ0) is 19.1. The molecular formula is C22H31ClN3O+. The van der Waals surface area contributed by atoms with Crippen molar-refractivity contribution in [3.05, 3.63) is 53.3 Å². The van der Waals surface area contributed by atoms with Crippen LogP contribution in [-0.2, 0) is 12.3 Å². The van der Waals surface area contributed by atoms with Gasteiger partial charge in [0.15, 0.2) is 0 Å². The molecule has 0 aliphatic carbocycles. The quantitative estimate of drug-likeness (QED) is 0.468. The molecule has 4 nitrogen and oxygen atoms in total. The fraction of sp³-hybridized carbons (Fsp3) is 0.545. The molecule has 0 radical (unpaired) electrons. The van der Waals surface area contributed by atoms with Crippen LogP contribution in [0, 0.1) is 0 Å². The van der Waals surface area contributed by atoms with Crippen molar-refractivity contribution in [2.24, 2.45) is 0 Å². The van der Waals surface area contributed by atoms with E-state index in [1.54, 1.807) is 6.20 Å². The minimum Gasteiger partial charge on any atom is -0.353 e. The fourth-order valence-corrected chi connectivity index (χ4v) is 4.01. The Morgan fingerprint density at radius 2 is 1.74 bits per heavy atom. The lowest BCUT2D eigenvalue weighted by atomic mass is 10.0. The van der Waals surface area contributed by atoms with Crippen LogP contribution in [0.4, 0.5) is 5.95 Å². The van der Waals surface area contributed by atoms with Crippen LogP contribution in [0.15, 0.2) is 42.7 Å². The minimum atomic E-state index is -1.08. The Balaban J connectivity index is 1.63. The summed E-state index contributed by atoms with van der Waals surface area (Å²) in [5, 5.41) is 12.2. The van der Waals surface area contributed by atoms with Crippen molar-refractivity contribution in [3.8, 4) is 0 Å². The second-order valence-electron chi connectivity index (χ2n) is 7.50. The van der Waals surface area contributed by atoms with Crippen LogP contribution < -0.4 is 9.47 Å². The molecule has 0 saturated heterocycles. The van der Waals surface area contributed by atoms with Crippen LogP contribution in [0.1, 0.15) is 63.9 Å². The van der Waals surface area contributed by atoms with Gasteiger partial charge in [0.25, 0.3) is 0 Å². The van der Waals surface area contributed by atoms with Gasteiger partial charge in [-0.05, 0) is 18.6 Å². The number of aliphatic hydroxyl groups is 1. The number of benzene rings is 1. The summed E-state index contributed by atoms with van der Waals surface area (Å²) >= 11 is 6.04. The van der Waals surface area contributed by atoms with E-state index in [1.165, 1.54) is 44.9 Å². The maximum Gasteiger partial charge on any atom is 0.396 e. The molecule has 1 aromatic carbocycles. The molecule has 1 unspecified atom stereocenters. The highest BCUT2D eigenvalue weighted by Gasteiger charge is 2.51. The Kier molecular flexibility index (Phi) is 7.08. The molecule has 3 rings (SSSR count). The monoisotopic (exact) mass is 388 g/mol. The van der Waals surface area contributed by atoms with E-state index in [2.05, 4.69) is 11.9 Å². The lowest BCUT2D eigenvalue weighted by Gasteiger charge is -2.28. The number of hydrogen-bond acceptors (Lipinski definition) is 3. The Labute approximate surface area is 167 Å². The predicted octanol–water partition coefficient (Wildman–Crippen LogP) is 4.83. The molecule has 1 N–H and O–H groups in total. The smallest absolute Gasteiger partial charge is 0.353 e. The van der Waals surface area contributed by atoms with E-state index in [0.29, 0.717) is 11.6 Å². The normalized spacial score (nSPS) is 18.7. The predicted molar refractivity (Wildman–Crippen MR) is 110 cm³/mol. The molecule has 0 saturated carbocycles. The summed E-state index contributed by atoms with van der Waals surface area (Å²) in [7, 11) is 0. The van der Waals surface area contributed by atoms with Gasteiger partial charge in [-0.2, -0.15) is 0 Å². The maximum atomic E-state index is 11.6. The van der Waals surface area contributed by atoms with Crippen molar-refractivity contribution < 1.29 is 9.67 Å². The van der Waals surface area contributed by atoms with Crippen LogP contribution >= 0.6 is 11.6 Å². The van der Waals surface area contributed by atoms with Gasteiger partial charge in [-0.25, -0.2) is 9.47 Å². The van der Waals surface area contributed by atoms with Crippen molar-refractivity contribution in [3.63, 3.8) is 0 Å². The number of halogens is 1. The van der Waals surface area contributed by atoms with Crippen LogP contribution in [0.25, 0.3) is 0 Å². The van der Waals surface area contributed by atoms with Gasteiger partial charge < -0.3 is 5.11 Å². The van der Waals surface area contributed by atoms with E-state index in [9.17, 15) is 5.11 Å². The number of hydrogen-bond donors (Lipinski definition) is 1. The number of rotatable bonds is 10. The van der Waals surface area contributed by atoms with Crippen molar-refractivity contribution in [2.45, 2.75) is 70.6 Å². The molecule has 1 aromatic heterocycles. The first-order valence-electron chi connectivity index (χ1n) is 10.3. The SMILES string of the molecule is CCCCCCCCCCN1c2nccc[n+]2CC1(O)c1ccc(Cl)cc1. The molecule has 0 amide bonds. The zero-order valence-electron chi connectivity index (χ0n) is 16.3. The molecule has 2 heterocycles. The Morgan fingerprint density at radius 3 is 2.44 bits per heavy atom. The molecule has 146 valence electrons. The first-order chi connectivity index (χ1) is 13.1. The first-order valence-corrected chi connectivity index (χ1v) is 10.6. The second-order valence-corrected chi connectivity index (χ2v) is 7.93. The number of nitrogens with zero attached hydrogens (tertiary/aromatic N) is 3. The van der Waals surface area contributed by atoms with E-state index >= 15 is 0 Å². The summed E-state index contributed by atoms with van der Waals surface area (Å²) in [6.07, 6.45) is 13.9. The van der Waals surface area contributed by atoms with Gasteiger partial charge in [-0.1, -0.05) is 80.6 Å². The molecule has 0 fully saturated rings. The van der Waals surface area contributed by atoms with Crippen molar-refractivity contribution >= 4 is 17.5 Å². The van der Waals surface area contributed by atoms with Crippen molar-refractivity contribution in [2.75, 3.05) is 11.4 Å². The maximum absolute atomic E-state index is 11.6. The summed E-state index contributed by atoms with van der Waals surface area (Å²) in [4.78, 5) is 6.58. The van der Waals surface area contributed by atoms with Gasteiger partial charge in [0.2, 0.25) is 5.72 Å². The largest absolute Gasteiger partial charge is 0.396 e. The van der Waals surface area contributed by atoms with E-state index in [4.69, 9.17) is 11.6 Å². The summed E-state index contributed by atoms with van der Waals surface area (Å²) in [5.74, 6) is 0.831. The van der Waals surface area contributed by atoms with Gasteiger partial charge in [0.1, 0.15) is 12.7 Å². The molecule has 1 atom stereocenters. The molecule has 5 heteroatoms. The average Bonchev–Trinajstić information content (AvgIpc) is 2.97. The molecule has 0 spiro atoms. The molecule has 0 bridgehead atoms. The zero-order valence-corrected chi connectivity index (χ0v) is 17.0. The molecule has 2 aromatic rings. The van der Waals surface area contributed by atoms with Gasteiger partial charge in [0, 0.05) is 16.7 Å². The Bertz CT molecular complexity index is 722. The summed E-state index contributed by atoms with van der Waals surface area (Å²) < 4.78 is 2.03. The van der Waals surface area contributed by atoms with Gasteiger partial charge >= 0.3 is 5.95 Å². The topological polar surface area (TPSA) is 40.2 Å². The lowest BCUT2D eigenvalue weighted by molar-refractivity contribution is -0.685. The number of anilines is 1. The van der Waals surface area contributed by atoms with E-state index in [-0.39, 0.29) is 0 Å². The Hall–Kier alpha value is -1.65. The van der Waals surface area contributed by atoms with Gasteiger partial charge in [0.05, 0.1) is 12.7 Å². The molecule has 1 aliphatic heterocycles. The first kappa shape index (κ1) is 20.1. The van der Waals surface area contributed by atoms with Gasteiger partial charge in [-0.15, -0.1) is 0 Å². The number of unbranched alkanes of at least 4 members (excludes halogenated alkanes) is 7. The average molecular weight is 389 g/mol. The highest BCUT2D eigenvalue weighted by molar-refractivity contribution is 6.30. The highest BCUT2D eigenvalue weighted by atomic mass is 35.5. The van der Waals surface area contributed by atoms with Crippen LogP contribution in [-0.4, -0.2) is 16.6 Å². The standard InChI is InChI=1S/C22H31ClN3O/c1-2-3-4-5-6-7-8-9-17-26-21-24-15-10-16-25(21)18-22(26,27)19-11-13-20(23)14-12-19/h10-16,27H,2-9,17-18H2,1H3/q+1.